The van der Waals surface area contributed by atoms with Crippen LogP contribution in [-0.2, 0) is 11.3 Å². The summed E-state index contributed by atoms with van der Waals surface area (Å²) in [7, 11) is 0. The molecule has 0 aliphatic carbocycles. The molecule has 96 valence electrons. The van der Waals surface area contributed by atoms with E-state index in [-0.39, 0.29) is 11.7 Å². The smallest absolute Gasteiger partial charge is 0.338 e. The van der Waals surface area contributed by atoms with E-state index in [4.69, 9.17) is 9.84 Å². The summed E-state index contributed by atoms with van der Waals surface area (Å²) in [5, 5.41) is 16.9. The van der Waals surface area contributed by atoms with E-state index in [2.05, 4.69) is 10.3 Å². The van der Waals surface area contributed by atoms with E-state index in [0.717, 1.165) is 0 Å². The van der Waals surface area contributed by atoms with Crippen LogP contribution in [-0.4, -0.2) is 38.8 Å². The second-order valence-corrected chi connectivity index (χ2v) is 4.21. The van der Waals surface area contributed by atoms with Crippen LogP contribution in [0.1, 0.15) is 24.2 Å². The molecule has 0 saturated carbocycles. The Labute approximate surface area is 104 Å². The summed E-state index contributed by atoms with van der Waals surface area (Å²) in [5.41, 5.74) is 1.29. The van der Waals surface area contributed by atoms with Crippen LogP contribution in [0.2, 0.25) is 0 Å². The number of aromatic nitrogens is 3. The fraction of sp³-hybridized carbons (Fsp3) is 0.417. The van der Waals surface area contributed by atoms with Crippen molar-refractivity contribution in [1.82, 2.24) is 15.0 Å². The number of carbonyl (C=O) groups is 1. The number of fused-ring (bicyclic) bond motifs is 1. The lowest BCUT2D eigenvalue weighted by molar-refractivity contribution is 0.0697. The van der Waals surface area contributed by atoms with Crippen molar-refractivity contribution in [3.8, 4) is 0 Å². The van der Waals surface area contributed by atoms with Gasteiger partial charge in [0.05, 0.1) is 30.3 Å². The summed E-state index contributed by atoms with van der Waals surface area (Å²) in [6.07, 6.45) is 0.161. The molecule has 0 aliphatic rings. The van der Waals surface area contributed by atoms with Crippen LogP contribution in [0.5, 0.6) is 0 Å². The van der Waals surface area contributed by atoms with E-state index in [1.54, 1.807) is 16.8 Å². The predicted octanol–water partition coefficient (Wildman–Crippen LogP) is 1.55. The van der Waals surface area contributed by atoms with Crippen molar-refractivity contribution in [3.63, 3.8) is 0 Å². The fourth-order valence-electron chi connectivity index (χ4n) is 1.70. The minimum atomic E-state index is -0.994. The highest BCUT2D eigenvalue weighted by molar-refractivity contribution is 6.00. The summed E-state index contributed by atoms with van der Waals surface area (Å²) in [6, 6.07) is 5.01. The molecule has 1 heterocycles. The van der Waals surface area contributed by atoms with Crippen molar-refractivity contribution < 1.29 is 14.6 Å². The van der Waals surface area contributed by atoms with Crippen LogP contribution in [0.25, 0.3) is 11.0 Å². The molecule has 0 spiro atoms. The number of benzene rings is 1. The lowest BCUT2D eigenvalue weighted by Crippen LogP contribution is -2.11. The number of aromatic carboxylic acids is 1. The maximum atomic E-state index is 11.0. The molecule has 0 unspecified atom stereocenters. The van der Waals surface area contributed by atoms with Crippen molar-refractivity contribution in [2.24, 2.45) is 0 Å². The average Bonchev–Trinajstić information content (AvgIpc) is 2.72. The number of carboxylic acids is 1. The Balaban J connectivity index is 2.26. The molecule has 0 atom stereocenters. The summed E-state index contributed by atoms with van der Waals surface area (Å²) in [4.78, 5) is 11.0. The third-order valence-corrected chi connectivity index (χ3v) is 2.53. The van der Waals surface area contributed by atoms with Gasteiger partial charge in [0, 0.05) is 0 Å². The van der Waals surface area contributed by atoms with Gasteiger partial charge in [0.1, 0.15) is 5.52 Å². The van der Waals surface area contributed by atoms with E-state index in [9.17, 15) is 4.79 Å². The van der Waals surface area contributed by atoms with Gasteiger partial charge in [-0.3, -0.25) is 0 Å². The highest BCUT2D eigenvalue weighted by Gasteiger charge is 2.13. The molecule has 0 amide bonds. The Morgan fingerprint density at radius 2 is 2.28 bits per heavy atom. The van der Waals surface area contributed by atoms with Crippen LogP contribution in [0.4, 0.5) is 0 Å². The minimum Gasteiger partial charge on any atom is -0.478 e. The van der Waals surface area contributed by atoms with Gasteiger partial charge < -0.3 is 9.84 Å². The first-order chi connectivity index (χ1) is 8.59. The molecule has 0 fully saturated rings. The van der Waals surface area contributed by atoms with E-state index < -0.39 is 5.97 Å². The van der Waals surface area contributed by atoms with Gasteiger partial charge in [-0.1, -0.05) is 11.3 Å². The number of hydrogen-bond donors (Lipinski definition) is 1. The molecule has 1 aromatic heterocycles. The van der Waals surface area contributed by atoms with Gasteiger partial charge in [0.2, 0.25) is 0 Å². The highest BCUT2D eigenvalue weighted by atomic mass is 16.5. The molecule has 0 aliphatic heterocycles. The lowest BCUT2D eigenvalue weighted by atomic mass is 10.2. The van der Waals surface area contributed by atoms with Gasteiger partial charge in [-0.25, -0.2) is 9.48 Å². The molecule has 18 heavy (non-hydrogen) atoms. The Morgan fingerprint density at radius 3 is 2.94 bits per heavy atom. The predicted molar refractivity (Wildman–Crippen MR) is 65.6 cm³/mol. The van der Waals surface area contributed by atoms with Crippen LogP contribution < -0.4 is 0 Å². The highest BCUT2D eigenvalue weighted by Crippen LogP contribution is 2.15. The van der Waals surface area contributed by atoms with Crippen LogP contribution in [0.15, 0.2) is 18.2 Å². The first kappa shape index (κ1) is 12.5. The molecule has 6 nitrogen and oxygen atoms in total. The van der Waals surface area contributed by atoms with E-state index >= 15 is 0 Å². The Bertz CT molecular complexity index is 563. The van der Waals surface area contributed by atoms with Gasteiger partial charge in [0.15, 0.2) is 0 Å². The van der Waals surface area contributed by atoms with Crippen molar-refractivity contribution in [3.05, 3.63) is 23.8 Å². The molecule has 2 rings (SSSR count). The van der Waals surface area contributed by atoms with Crippen LogP contribution in [0, 0.1) is 0 Å². The normalized spacial score (nSPS) is 11.3. The summed E-state index contributed by atoms with van der Waals surface area (Å²) >= 11 is 0. The zero-order chi connectivity index (χ0) is 13.1. The van der Waals surface area contributed by atoms with Crippen molar-refractivity contribution in [2.75, 3.05) is 6.61 Å². The SMILES string of the molecule is CC(C)OCCn1nnc2c(C(=O)O)cccc21. The van der Waals surface area contributed by atoms with Gasteiger partial charge in [0.25, 0.3) is 0 Å². The molecule has 6 heteroatoms. The van der Waals surface area contributed by atoms with Gasteiger partial charge >= 0.3 is 5.97 Å². The van der Waals surface area contributed by atoms with Crippen molar-refractivity contribution in [1.29, 1.82) is 0 Å². The zero-order valence-corrected chi connectivity index (χ0v) is 10.3. The first-order valence-electron chi connectivity index (χ1n) is 5.76. The molecule has 0 bridgehead atoms. The molecule has 1 N–H and O–H groups in total. The van der Waals surface area contributed by atoms with Crippen molar-refractivity contribution in [2.45, 2.75) is 26.5 Å². The van der Waals surface area contributed by atoms with E-state index in [1.807, 2.05) is 13.8 Å². The van der Waals surface area contributed by atoms with Crippen LogP contribution in [0.3, 0.4) is 0 Å². The molecular weight excluding hydrogens is 234 g/mol. The third kappa shape index (κ3) is 2.48. The average molecular weight is 249 g/mol. The molecule has 2 aromatic rings. The standard InChI is InChI=1S/C12H15N3O3/c1-8(2)18-7-6-15-10-5-3-4-9(12(16)17)11(10)13-14-15/h3-5,8H,6-7H2,1-2H3,(H,16,17). The monoisotopic (exact) mass is 249 g/mol. The maximum Gasteiger partial charge on any atom is 0.338 e. The molecule has 0 radical (unpaired) electrons. The lowest BCUT2D eigenvalue weighted by Gasteiger charge is -2.07. The maximum absolute atomic E-state index is 11.0. The summed E-state index contributed by atoms with van der Waals surface area (Å²) in [6.45, 7) is 5.00. The van der Waals surface area contributed by atoms with Crippen LogP contribution >= 0.6 is 0 Å². The topological polar surface area (TPSA) is 77.2 Å². The van der Waals surface area contributed by atoms with Crippen molar-refractivity contribution >= 4 is 17.0 Å². The Hall–Kier alpha value is -1.95. The molecule has 1 aromatic carbocycles. The third-order valence-electron chi connectivity index (χ3n) is 2.53. The zero-order valence-electron chi connectivity index (χ0n) is 10.3. The van der Waals surface area contributed by atoms with Gasteiger partial charge in [-0.05, 0) is 26.0 Å². The Kier molecular flexibility index (Phi) is 3.57. The minimum absolute atomic E-state index is 0.161. The second-order valence-electron chi connectivity index (χ2n) is 4.21. The van der Waals surface area contributed by atoms with Gasteiger partial charge in [-0.2, -0.15) is 0 Å². The first-order valence-corrected chi connectivity index (χ1v) is 5.76. The summed E-state index contributed by atoms with van der Waals surface area (Å²) in [5.74, 6) is -0.994. The number of rotatable bonds is 5. The number of nitrogens with zero attached hydrogens (tertiary/aromatic N) is 3. The largest absolute Gasteiger partial charge is 0.478 e. The van der Waals surface area contributed by atoms with E-state index in [1.165, 1.54) is 6.07 Å². The van der Waals surface area contributed by atoms with E-state index in [0.29, 0.717) is 24.2 Å². The summed E-state index contributed by atoms with van der Waals surface area (Å²) < 4.78 is 7.09. The number of ether oxygens (including phenoxy) is 1. The fourth-order valence-corrected chi connectivity index (χ4v) is 1.70. The van der Waals surface area contributed by atoms with Gasteiger partial charge in [-0.15, -0.1) is 5.10 Å². The Morgan fingerprint density at radius 1 is 1.50 bits per heavy atom. The second kappa shape index (κ2) is 5.14. The quantitative estimate of drug-likeness (QED) is 0.870. The number of hydrogen-bond acceptors (Lipinski definition) is 4. The molecular formula is C12H15N3O3. The number of carboxylic acid groups (broad SMARTS) is 1. The molecule has 0 saturated heterocycles.